The third-order valence-corrected chi connectivity index (χ3v) is 2.42. The molecule has 5 heteroatoms. The standard InChI is InChI=1S/C8H9ClO4/c1-13-7(12)8(6(10)11)3-2-5(9)4-8/h2H,3-4H2,1H3,(H,10,11). The van der Waals surface area contributed by atoms with Gasteiger partial charge in [0.15, 0.2) is 5.41 Å². The Morgan fingerprint density at radius 3 is 2.62 bits per heavy atom. The lowest BCUT2D eigenvalue weighted by molar-refractivity contribution is -0.166. The molecule has 1 N–H and O–H groups in total. The Morgan fingerprint density at radius 2 is 2.31 bits per heavy atom. The topological polar surface area (TPSA) is 63.6 Å². The number of halogens is 1. The zero-order valence-corrected chi connectivity index (χ0v) is 7.80. The number of esters is 1. The lowest BCUT2D eigenvalue weighted by atomic mass is 9.86. The summed E-state index contributed by atoms with van der Waals surface area (Å²) in [7, 11) is 1.17. The van der Waals surface area contributed by atoms with E-state index in [4.69, 9.17) is 16.7 Å². The van der Waals surface area contributed by atoms with E-state index in [1.807, 2.05) is 0 Å². The minimum atomic E-state index is -1.49. The predicted octanol–water partition coefficient (Wildman–Crippen LogP) is 1.15. The average Bonchev–Trinajstić information content (AvgIpc) is 2.47. The van der Waals surface area contributed by atoms with Gasteiger partial charge in [-0.1, -0.05) is 17.7 Å². The van der Waals surface area contributed by atoms with E-state index in [1.165, 1.54) is 13.2 Å². The number of ether oxygens (including phenoxy) is 1. The Morgan fingerprint density at radius 1 is 1.69 bits per heavy atom. The van der Waals surface area contributed by atoms with Gasteiger partial charge in [-0.15, -0.1) is 0 Å². The SMILES string of the molecule is COC(=O)C1(C(=O)O)CC=C(Cl)C1. The second-order valence-corrected chi connectivity index (χ2v) is 3.40. The van der Waals surface area contributed by atoms with Crippen LogP contribution in [-0.2, 0) is 14.3 Å². The van der Waals surface area contributed by atoms with Crippen LogP contribution in [0.25, 0.3) is 0 Å². The predicted molar refractivity (Wildman–Crippen MR) is 45.3 cm³/mol. The number of hydrogen-bond acceptors (Lipinski definition) is 3. The average molecular weight is 205 g/mol. The lowest BCUT2D eigenvalue weighted by Gasteiger charge is -2.20. The quantitative estimate of drug-likeness (QED) is 0.541. The first-order chi connectivity index (χ1) is 6.03. The van der Waals surface area contributed by atoms with Crippen LogP contribution in [-0.4, -0.2) is 24.2 Å². The van der Waals surface area contributed by atoms with Gasteiger partial charge in [0, 0.05) is 11.5 Å². The molecule has 0 aromatic rings. The smallest absolute Gasteiger partial charge is 0.323 e. The van der Waals surface area contributed by atoms with Crippen molar-refractivity contribution in [1.82, 2.24) is 0 Å². The molecule has 0 amide bonds. The minimum Gasteiger partial charge on any atom is -0.480 e. The number of allylic oxidation sites excluding steroid dienone is 2. The fourth-order valence-corrected chi connectivity index (χ4v) is 1.62. The zero-order valence-electron chi connectivity index (χ0n) is 7.04. The number of carboxylic acid groups (broad SMARTS) is 1. The van der Waals surface area contributed by atoms with E-state index in [-0.39, 0.29) is 12.8 Å². The summed E-state index contributed by atoms with van der Waals surface area (Å²) in [5, 5.41) is 9.29. The van der Waals surface area contributed by atoms with E-state index >= 15 is 0 Å². The van der Waals surface area contributed by atoms with E-state index in [0.717, 1.165) is 0 Å². The third-order valence-electron chi connectivity index (χ3n) is 2.13. The van der Waals surface area contributed by atoms with Crippen molar-refractivity contribution in [1.29, 1.82) is 0 Å². The molecule has 0 aromatic carbocycles. The third kappa shape index (κ3) is 1.54. The summed E-state index contributed by atoms with van der Waals surface area (Å²) in [6.45, 7) is 0. The van der Waals surface area contributed by atoms with Crippen LogP contribution >= 0.6 is 11.6 Å². The second-order valence-electron chi connectivity index (χ2n) is 2.91. The first kappa shape index (κ1) is 10.1. The highest BCUT2D eigenvalue weighted by atomic mass is 35.5. The maximum atomic E-state index is 11.2. The van der Waals surface area contributed by atoms with Crippen molar-refractivity contribution in [2.75, 3.05) is 7.11 Å². The van der Waals surface area contributed by atoms with Gasteiger partial charge in [-0.25, -0.2) is 0 Å². The lowest BCUT2D eigenvalue weighted by Crippen LogP contribution is -2.38. The highest BCUT2D eigenvalue weighted by Gasteiger charge is 2.49. The molecule has 0 saturated heterocycles. The molecule has 1 rings (SSSR count). The summed E-state index contributed by atoms with van der Waals surface area (Å²) in [6.07, 6.45) is 1.66. The fourth-order valence-electron chi connectivity index (χ4n) is 1.32. The highest BCUT2D eigenvalue weighted by Crippen LogP contribution is 2.40. The van der Waals surface area contributed by atoms with Gasteiger partial charge < -0.3 is 9.84 Å². The van der Waals surface area contributed by atoms with Crippen molar-refractivity contribution in [3.8, 4) is 0 Å². The van der Waals surface area contributed by atoms with Crippen molar-refractivity contribution in [2.24, 2.45) is 5.41 Å². The van der Waals surface area contributed by atoms with Crippen molar-refractivity contribution in [2.45, 2.75) is 12.8 Å². The maximum absolute atomic E-state index is 11.2. The molecule has 0 bridgehead atoms. The van der Waals surface area contributed by atoms with Gasteiger partial charge in [-0.3, -0.25) is 9.59 Å². The summed E-state index contributed by atoms with van der Waals surface area (Å²) in [6, 6.07) is 0. The van der Waals surface area contributed by atoms with Crippen LogP contribution in [0.5, 0.6) is 0 Å². The van der Waals surface area contributed by atoms with Gasteiger partial charge in [0.1, 0.15) is 0 Å². The molecule has 0 radical (unpaired) electrons. The first-order valence-corrected chi connectivity index (χ1v) is 4.07. The summed E-state index contributed by atoms with van der Waals surface area (Å²) in [4.78, 5) is 22.1. The Bertz CT molecular complexity index is 284. The first-order valence-electron chi connectivity index (χ1n) is 3.69. The molecular formula is C8H9ClO4. The number of hydrogen-bond donors (Lipinski definition) is 1. The normalized spacial score (nSPS) is 26.8. The van der Waals surface area contributed by atoms with Crippen LogP contribution in [0.15, 0.2) is 11.1 Å². The molecule has 1 aliphatic rings. The van der Waals surface area contributed by atoms with Gasteiger partial charge >= 0.3 is 11.9 Å². The second kappa shape index (κ2) is 3.38. The van der Waals surface area contributed by atoms with Crippen LogP contribution in [0.4, 0.5) is 0 Å². The fraction of sp³-hybridized carbons (Fsp3) is 0.500. The zero-order chi connectivity index (χ0) is 10.1. The van der Waals surface area contributed by atoms with Crippen molar-refractivity contribution in [3.63, 3.8) is 0 Å². The van der Waals surface area contributed by atoms with Gasteiger partial charge in [-0.05, 0) is 6.42 Å². The summed E-state index contributed by atoms with van der Waals surface area (Å²) in [5.74, 6) is -1.93. The molecule has 0 saturated carbocycles. The van der Waals surface area contributed by atoms with E-state index in [2.05, 4.69) is 4.74 Å². The van der Waals surface area contributed by atoms with Crippen molar-refractivity contribution < 1.29 is 19.4 Å². The molecule has 13 heavy (non-hydrogen) atoms. The maximum Gasteiger partial charge on any atom is 0.323 e. The molecule has 0 spiro atoms. The number of methoxy groups -OCH3 is 1. The Labute approximate surface area is 80.1 Å². The van der Waals surface area contributed by atoms with Gasteiger partial charge in [-0.2, -0.15) is 0 Å². The summed E-state index contributed by atoms with van der Waals surface area (Å²) < 4.78 is 4.44. The molecular weight excluding hydrogens is 196 g/mol. The monoisotopic (exact) mass is 204 g/mol. The van der Waals surface area contributed by atoms with Crippen LogP contribution in [0, 0.1) is 5.41 Å². The van der Waals surface area contributed by atoms with E-state index < -0.39 is 17.4 Å². The molecule has 0 aromatic heterocycles. The highest BCUT2D eigenvalue weighted by molar-refractivity contribution is 6.30. The summed E-state index contributed by atoms with van der Waals surface area (Å²) in [5.41, 5.74) is -1.49. The van der Waals surface area contributed by atoms with Crippen LogP contribution < -0.4 is 0 Å². The molecule has 1 unspecified atom stereocenters. The van der Waals surface area contributed by atoms with Gasteiger partial charge in [0.2, 0.25) is 0 Å². The molecule has 1 aliphatic carbocycles. The minimum absolute atomic E-state index is 0.0244. The Hall–Kier alpha value is -1.03. The number of aliphatic carboxylic acids is 1. The van der Waals surface area contributed by atoms with Crippen LogP contribution in [0.3, 0.4) is 0 Å². The molecule has 0 fully saturated rings. The van der Waals surface area contributed by atoms with Gasteiger partial charge in [0.05, 0.1) is 7.11 Å². The van der Waals surface area contributed by atoms with Crippen molar-refractivity contribution >= 4 is 23.5 Å². The molecule has 1 atom stereocenters. The summed E-state index contributed by atoms with van der Waals surface area (Å²) >= 11 is 5.63. The van der Waals surface area contributed by atoms with E-state index in [1.54, 1.807) is 0 Å². The Kier molecular flexibility index (Phi) is 2.61. The molecule has 0 heterocycles. The molecule has 4 nitrogen and oxygen atoms in total. The number of rotatable bonds is 2. The van der Waals surface area contributed by atoms with Gasteiger partial charge in [0.25, 0.3) is 0 Å². The molecule has 0 aliphatic heterocycles. The number of carbonyl (C=O) groups excluding carboxylic acids is 1. The number of carbonyl (C=O) groups is 2. The van der Waals surface area contributed by atoms with Crippen LogP contribution in [0.2, 0.25) is 0 Å². The van der Waals surface area contributed by atoms with Crippen LogP contribution in [0.1, 0.15) is 12.8 Å². The van der Waals surface area contributed by atoms with E-state index in [0.29, 0.717) is 5.03 Å². The van der Waals surface area contributed by atoms with E-state index in [9.17, 15) is 9.59 Å². The molecule has 72 valence electrons. The largest absolute Gasteiger partial charge is 0.480 e. The number of carboxylic acids is 1. The van der Waals surface area contributed by atoms with Crippen molar-refractivity contribution in [3.05, 3.63) is 11.1 Å². The Balaban J connectivity index is 2.93.